The number of benzene rings is 2. The molecular formula is C31H33Cl2FN2O4. The van der Waals surface area contributed by atoms with Crippen LogP contribution in [0.15, 0.2) is 65.7 Å². The quantitative estimate of drug-likeness (QED) is 0.371. The second-order valence-corrected chi connectivity index (χ2v) is 12.2. The molecule has 1 saturated heterocycles. The van der Waals surface area contributed by atoms with Gasteiger partial charge in [-0.3, -0.25) is 14.4 Å². The van der Waals surface area contributed by atoms with E-state index in [1.54, 1.807) is 64.1 Å². The molecule has 2 aliphatic rings. The molecule has 4 rings (SSSR count). The van der Waals surface area contributed by atoms with Gasteiger partial charge in [0.1, 0.15) is 18.0 Å². The van der Waals surface area contributed by atoms with Crippen LogP contribution in [0.3, 0.4) is 0 Å². The summed E-state index contributed by atoms with van der Waals surface area (Å²) >= 11 is 12.5. The number of ether oxygens (including phenoxy) is 1. The van der Waals surface area contributed by atoms with Crippen LogP contribution in [-0.4, -0.2) is 34.8 Å². The summed E-state index contributed by atoms with van der Waals surface area (Å²) in [4.78, 5) is 42.3. The Labute approximate surface area is 244 Å². The van der Waals surface area contributed by atoms with Gasteiger partial charge in [-0.25, -0.2) is 4.39 Å². The lowest BCUT2D eigenvalue weighted by atomic mass is 9.68. The number of anilines is 1. The van der Waals surface area contributed by atoms with Crippen molar-refractivity contribution in [1.82, 2.24) is 4.90 Å². The lowest BCUT2D eigenvalue weighted by Gasteiger charge is -2.47. The molecule has 1 aliphatic heterocycles. The molecule has 0 aromatic heterocycles. The van der Waals surface area contributed by atoms with Crippen LogP contribution in [0, 0.1) is 30.5 Å². The van der Waals surface area contributed by atoms with Crippen LogP contribution >= 0.6 is 23.2 Å². The zero-order valence-corrected chi connectivity index (χ0v) is 24.4. The van der Waals surface area contributed by atoms with Crippen molar-refractivity contribution in [3.63, 3.8) is 0 Å². The SMILES string of the molecule is Cc1ccc(F)cc1[C@@H]1[C@@H](C(=O)Nc2cccc(Cl)c2)[C@H](C2C=C(Cl)C=CC2)CC(=O)N1CC(=O)OC(C)(C)C. The third-order valence-corrected chi connectivity index (χ3v) is 7.64. The van der Waals surface area contributed by atoms with Crippen molar-refractivity contribution in [2.75, 3.05) is 11.9 Å². The molecule has 1 unspecified atom stereocenters. The summed E-state index contributed by atoms with van der Waals surface area (Å²) in [5, 5.41) is 3.92. The van der Waals surface area contributed by atoms with Gasteiger partial charge >= 0.3 is 5.97 Å². The fraction of sp³-hybridized carbons (Fsp3) is 0.387. The minimum Gasteiger partial charge on any atom is -0.459 e. The van der Waals surface area contributed by atoms with Crippen molar-refractivity contribution < 1.29 is 23.5 Å². The molecule has 0 radical (unpaired) electrons. The standard InChI is InChI=1S/C31H33Cl2FN2O4/c1-18-11-12-22(34)15-24(18)29-28(30(39)35-23-10-6-9-21(33)14-23)25(19-7-5-8-20(32)13-19)16-26(37)36(29)17-27(38)40-31(2,3)4/h5-6,8-15,19,25,28-29H,7,16-17H2,1-4H3,(H,35,39)/t19?,25-,28-,29+/m0/s1. The van der Waals surface area contributed by atoms with Crippen LogP contribution in [0.1, 0.15) is 50.8 Å². The number of amides is 2. The topological polar surface area (TPSA) is 75.7 Å². The maximum Gasteiger partial charge on any atom is 0.326 e. The van der Waals surface area contributed by atoms with E-state index in [1.807, 2.05) is 12.2 Å². The third-order valence-electron chi connectivity index (χ3n) is 7.15. The summed E-state index contributed by atoms with van der Waals surface area (Å²) < 4.78 is 20.2. The Bertz CT molecular complexity index is 1370. The first-order valence-corrected chi connectivity index (χ1v) is 14.0. The summed E-state index contributed by atoms with van der Waals surface area (Å²) in [6, 6.07) is 10.1. The monoisotopic (exact) mass is 586 g/mol. The van der Waals surface area contributed by atoms with Gasteiger partial charge in [0.05, 0.1) is 12.0 Å². The number of carbonyl (C=O) groups is 3. The van der Waals surface area contributed by atoms with Gasteiger partial charge in [-0.2, -0.15) is 0 Å². The van der Waals surface area contributed by atoms with Crippen molar-refractivity contribution >= 4 is 46.7 Å². The molecule has 0 saturated carbocycles. The fourth-order valence-electron chi connectivity index (χ4n) is 5.53. The summed E-state index contributed by atoms with van der Waals surface area (Å²) in [5.41, 5.74) is 0.849. The Morgan fingerprint density at radius 1 is 1.15 bits per heavy atom. The predicted molar refractivity (Wildman–Crippen MR) is 154 cm³/mol. The molecule has 9 heteroatoms. The molecule has 1 aliphatic carbocycles. The van der Waals surface area contributed by atoms with E-state index in [9.17, 15) is 18.8 Å². The van der Waals surface area contributed by atoms with Gasteiger partial charge in [-0.1, -0.05) is 47.5 Å². The Kier molecular flexibility index (Phi) is 9.06. The van der Waals surface area contributed by atoms with E-state index in [1.165, 1.54) is 17.0 Å². The van der Waals surface area contributed by atoms with E-state index < -0.39 is 35.3 Å². The molecule has 1 N–H and O–H groups in total. The number of piperidine rings is 1. The van der Waals surface area contributed by atoms with Crippen LogP contribution in [0.2, 0.25) is 5.02 Å². The first-order chi connectivity index (χ1) is 18.8. The Balaban J connectivity index is 1.84. The fourth-order valence-corrected chi connectivity index (χ4v) is 5.97. The number of allylic oxidation sites excluding steroid dienone is 4. The molecule has 2 amide bonds. The molecular weight excluding hydrogens is 554 g/mol. The molecule has 212 valence electrons. The van der Waals surface area contributed by atoms with E-state index >= 15 is 0 Å². The lowest BCUT2D eigenvalue weighted by Crippen LogP contribution is -2.54. The van der Waals surface area contributed by atoms with Crippen molar-refractivity contribution in [2.24, 2.45) is 17.8 Å². The summed E-state index contributed by atoms with van der Waals surface area (Å²) in [7, 11) is 0. The minimum atomic E-state index is -0.938. The van der Waals surface area contributed by atoms with Gasteiger partial charge in [0.15, 0.2) is 0 Å². The Morgan fingerprint density at radius 2 is 1.90 bits per heavy atom. The molecule has 2 aromatic rings. The molecule has 4 atom stereocenters. The van der Waals surface area contributed by atoms with Crippen LogP contribution < -0.4 is 5.32 Å². The van der Waals surface area contributed by atoms with Gasteiger partial charge in [-0.05, 0) is 93.5 Å². The highest BCUT2D eigenvalue weighted by atomic mass is 35.5. The Hall–Kier alpha value is -3.16. The van der Waals surface area contributed by atoms with Gasteiger partial charge in [-0.15, -0.1) is 0 Å². The first-order valence-electron chi connectivity index (χ1n) is 13.2. The third kappa shape index (κ3) is 7.12. The maximum atomic E-state index is 14.7. The number of likely N-dealkylation sites (tertiary alicyclic amines) is 1. The number of halogens is 3. The highest BCUT2D eigenvalue weighted by molar-refractivity contribution is 6.31. The molecule has 0 bridgehead atoms. The number of hydrogen-bond donors (Lipinski definition) is 1. The van der Waals surface area contributed by atoms with Gasteiger partial charge in [0, 0.05) is 22.2 Å². The smallest absolute Gasteiger partial charge is 0.326 e. The summed E-state index contributed by atoms with van der Waals surface area (Å²) in [6.07, 6.45) is 6.14. The zero-order chi connectivity index (χ0) is 29.2. The summed E-state index contributed by atoms with van der Waals surface area (Å²) in [5.74, 6) is -3.38. The van der Waals surface area contributed by atoms with Gasteiger partial charge < -0.3 is 15.0 Å². The maximum absolute atomic E-state index is 14.7. The average Bonchev–Trinajstić information content (AvgIpc) is 2.85. The van der Waals surface area contributed by atoms with E-state index in [0.29, 0.717) is 33.3 Å². The lowest BCUT2D eigenvalue weighted by molar-refractivity contribution is -0.165. The number of nitrogens with one attached hydrogen (secondary N) is 1. The predicted octanol–water partition coefficient (Wildman–Crippen LogP) is 6.97. The molecule has 1 fully saturated rings. The van der Waals surface area contributed by atoms with Crippen molar-refractivity contribution in [1.29, 1.82) is 0 Å². The summed E-state index contributed by atoms with van der Waals surface area (Å²) in [6.45, 7) is 6.62. The van der Waals surface area contributed by atoms with Crippen LogP contribution in [0.4, 0.5) is 10.1 Å². The zero-order valence-electron chi connectivity index (χ0n) is 22.9. The highest BCUT2D eigenvalue weighted by Gasteiger charge is 2.50. The van der Waals surface area contributed by atoms with Crippen LogP contribution in [-0.2, 0) is 19.1 Å². The van der Waals surface area contributed by atoms with Gasteiger partial charge in [0.25, 0.3) is 0 Å². The molecule has 2 aromatic carbocycles. The van der Waals surface area contributed by atoms with E-state index in [4.69, 9.17) is 27.9 Å². The van der Waals surface area contributed by atoms with Crippen LogP contribution in [0.5, 0.6) is 0 Å². The number of carbonyl (C=O) groups excluding carboxylic acids is 3. The van der Waals surface area contributed by atoms with E-state index in [-0.39, 0.29) is 30.7 Å². The van der Waals surface area contributed by atoms with Gasteiger partial charge in [0.2, 0.25) is 11.8 Å². The number of rotatable bonds is 6. The van der Waals surface area contributed by atoms with Crippen molar-refractivity contribution in [2.45, 2.75) is 52.2 Å². The van der Waals surface area contributed by atoms with E-state index in [0.717, 1.165) is 0 Å². The Morgan fingerprint density at radius 3 is 2.58 bits per heavy atom. The first kappa shape index (κ1) is 29.8. The van der Waals surface area contributed by atoms with Crippen molar-refractivity contribution in [3.8, 4) is 0 Å². The number of nitrogens with zero attached hydrogens (tertiary/aromatic N) is 1. The normalized spacial score (nSPS) is 23.0. The highest BCUT2D eigenvalue weighted by Crippen LogP contribution is 2.47. The second-order valence-electron chi connectivity index (χ2n) is 11.3. The van der Waals surface area contributed by atoms with Crippen molar-refractivity contribution in [3.05, 3.63) is 87.7 Å². The number of hydrogen-bond acceptors (Lipinski definition) is 4. The molecule has 6 nitrogen and oxygen atoms in total. The number of esters is 1. The number of aryl methyl sites for hydroxylation is 1. The largest absolute Gasteiger partial charge is 0.459 e. The van der Waals surface area contributed by atoms with Crippen LogP contribution in [0.25, 0.3) is 0 Å². The molecule has 0 spiro atoms. The molecule has 1 heterocycles. The van der Waals surface area contributed by atoms with E-state index in [2.05, 4.69) is 5.32 Å². The molecule has 40 heavy (non-hydrogen) atoms. The minimum absolute atomic E-state index is 0.000466. The second kappa shape index (κ2) is 12.1. The average molecular weight is 588 g/mol.